The lowest BCUT2D eigenvalue weighted by Crippen LogP contribution is -2.49. The maximum Gasteiger partial charge on any atom is 0.140 e. The molecule has 3 aromatic rings. The van der Waals surface area contributed by atoms with Crippen molar-refractivity contribution in [2.24, 2.45) is 5.92 Å². The zero-order valence-corrected chi connectivity index (χ0v) is 18.9. The van der Waals surface area contributed by atoms with Crippen molar-refractivity contribution in [2.75, 3.05) is 32.9 Å². The first-order valence-electron chi connectivity index (χ1n) is 11.1. The highest BCUT2D eigenvalue weighted by molar-refractivity contribution is 7.99. The van der Waals surface area contributed by atoms with Crippen LogP contribution in [0, 0.1) is 5.92 Å². The second-order valence-corrected chi connectivity index (χ2v) is 9.68. The summed E-state index contributed by atoms with van der Waals surface area (Å²) < 4.78 is 24.8. The molecular weight excluding hydrogens is 441 g/mol. The predicted molar refractivity (Wildman–Crippen MR) is 126 cm³/mol. The van der Waals surface area contributed by atoms with Gasteiger partial charge in [-0.2, -0.15) is 0 Å². The van der Waals surface area contributed by atoms with Crippen LogP contribution < -0.4 is 9.47 Å². The first-order valence-corrected chi connectivity index (χ1v) is 11.9. The topological polar surface area (TPSA) is 62.2 Å². The first kappa shape index (κ1) is 21.9. The number of hydrogen-bond donors (Lipinski definition) is 2. The number of phenolic OH excluding ortho intramolecular Hbond substituents is 2. The van der Waals surface area contributed by atoms with Gasteiger partial charge in [-0.05, 0) is 53.6 Å². The molecule has 0 saturated carbocycles. The molecule has 3 aromatic carbocycles. The second kappa shape index (κ2) is 9.53. The van der Waals surface area contributed by atoms with Crippen LogP contribution in [0.2, 0.25) is 0 Å². The Bertz CT molecular complexity index is 1090. The van der Waals surface area contributed by atoms with E-state index in [1.54, 1.807) is 42.1 Å². The molecule has 2 heterocycles. The predicted octanol–water partition coefficient (Wildman–Crippen LogP) is 5.35. The van der Waals surface area contributed by atoms with Gasteiger partial charge < -0.3 is 19.7 Å². The van der Waals surface area contributed by atoms with Crippen LogP contribution in [-0.4, -0.2) is 48.0 Å². The summed E-state index contributed by atoms with van der Waals surface area (Å²) in [5.74, 6) is 2.13. The summed E-state index contributed by atoms with van der Waals surface area (Å²) in [6, 6.07) is 20.2. The average Bonchev–Trinajstić information content (AvgIpc) is 2.80. The highest BCUT2D eigenvalue weighted by atomic mass is 32.2. The molecule has 2 aliphatic heterocycles. The van der Waals surface area contributed by atoms with Crippen LogP contribution in [0.4, 0.5) is 4.39 Å². The molecule has 0 aromatic heterocycles. The number of nitrogens with zero attached hydrogens (tertiary/aromatic N) is 1. The number of rotatable bonds is 7. The Balaban J connectivity index is 1.31. The molecule has 7 heteroatoms. The van der Waals surface area contributed by atoms with Crippen molar-refractivity contribution in [1.82, 2.24) is 4.90 Å². The zero-order chi connectivity index (χ0) is 22.8. The van der Waals surface area contributed by atoms with Gasteiger partial charge in [0.15, 0.2) is 0 Å². The Kier molecular flexibility index (Phi) is 6.33. The minimum Gasteiger partial charge on any atom is -0.508 e. The average molecular weight is 468 g/mol. The molecule has 2 N–H and O–H groups in total. The van der Waals surface area contributed by atoms with Crippen LogP contribution in [0.5, 0.6) is 23.0 Å². The third kappa shape index (κ3) is 4.89. The van der Waals surface area contributed by atoms with E-state index >= 15 is 0 Å². The standard InChI is InChI=1S/C26H26FNO4S/c27-14-17-15-28(16-17)11-12-31-22-8-3-18(4-9-22)25-26(19-1-5-20(29)6-2-19)33-24-13-21(30)7-10-23(24)32-25/h1-10,13,17,25-26,29-30H,11-12,14-16H2/t25-,26+/m1/s1. The molecule has 33 heavy (non-hydrogen) atoms. The van der Waals surface area contributed by atoms with Gasteiger partial charge in [-0.3, -0.25) is 9.29 Å². The molecule has 2 aliphatic rings. The Morgan fingerprint density at radius 3 is 2.36 bits per heavy atom. The normalized spacial score (nSPS) is 20.5. The van der Waals surface area contributed by atoms with Gasteiger partial charge in [0.1, 0.15) is 35.7 Å². The number of hydrogen-bond acceptors (Lipinski definition) is 6. The van der Waals surface area contributed by atoms with Gasteiger partial charge in [-0.15, -0.1) is 11.8 Å². The number of alkyl halides is 1. The van der Waals surface area contributed by atoms with E-state index in [-0.39, 0.29) is 35.4 Å². The molecule has 0 unspecified atom stereocenters. The molecule has 0 aliphatic carbocycles. The Hall–Kier alpha value is -2.90. The maximum absolute atomic E-state index is 12.6. The summed E-state index contributed by atoms with van der Waals surface area (Å²) in [6.45, 7) is 2.76. The highest BCUT2D eigenvalue weighted by Crippen LogP contribution is 2.54. The van der Waals surface area contributed by atoms with Crippen molar-refractivity contribution < 1.29 is 24.1 Å². The summed E-state index contributed by atoms with van der Waals surface area (Å²) in [4.78, 5) is 3.08. The fraction of sp³-hybridized carbons (Fsp3) is 0.308. The Labute approximate surface area is 196 Å². The lowest BCUT2D eigenvalue weighted by atomic mass is 10.00. The third-order valence-electron chi connectivity index (χ3n) is 6.07. The smallest absolute Gasteiger partial charge is 0.140 e. The van der Waals surface area contributed by atoms with E-state index < -0.39 is 0 Å². The molecular formula is C26H26FNO4S. The monoisotopic (exact) mass is 467 g/mol. The number of phenols is 2. The fourth-order valence-corrected chi connectivity index (χ4v) is 5.56. The van der Waals surface area contributed by atoms with Crippen LogP contribution >= 0.6 is 11.8 Å². The molecule has 5 rings (SSSR count). The molecule has 0 spiro atoms. The maximum atomic E-state index is 12.6. The van der Waals surface area contributed by atoms with Gasteiger partial charge in [0.2, 0.25) is 0 Å². The number of ether oxygens (including phenoxy) is 2. The minimum atomic E-state index is -0.246. The third-order valence-corrected chi connectivity index (χ3v) is 7.41. The first-order chi connectivity index (χ1) is 16.1. The molecule has 172 valence electrons. The van der Waals surface area contributed by atoms with Gasteiger partial charge in [-0.25, -0.2) is 0 Å². The molecule has 5 nitrogen and oxygen atoms in total. The lowest BCUT2D eigenvalue weighted by molar-refractivity contribution is 0.0668. The number of benzene rings is 3. The number of halogens is 1. The van der Waals surface area contributed by atoms with E-state index in [2.05, 4.69) is 4.90 Å². The summed E-state index contributed by atoms with van der Waals surface area (Å²) in [5, 5.41) is 19.6. The van der Waals surface area contributed by atoms with E-state index in [4.69, 9.17) is 9.47 Å². The van der Waals surface area contributed by atoms with E-state index in [0.29, 0.717) is 6.61 Å². The Morgan fingerprint density at radius 2 is 1.64 bits per heavy atom. The van der Waals surface area contributed by atoms with Crippen molar-refractivity contribution in [3.63, 3.8) is 0 Å². The van der Waals surface area contributed by atoms with Crippen LogP contribution in [0.1, 0.15) is 22.5 Å². The summed E-state index contributed by atoms with van der Waals surface area (Å²) in [5.41, 5.74) is 2.04. The molecule has 0 radical (unpaired) electrons. The van der Waals surface area contributed by atoms with E-state index in [0.717, 1.165) is 47.2 Å². The molecule has 0 amide bonds. The van der Waals surface area contributed by atoms with Crippen molar-refractivity contribution in [3.8, 4) is 23.0 Å². The lowest BCUT2D eigenvalue weighted by Gasteiger charge is -2.37. The van der Waals surface area contributed by atoms with Gasteiger partial charge in [-0.1, -0.05) is 24.3 Å². The van der Waals surface area contributed by atoms with E-state index in [1.165, 1.54) is 0 Å². The highest BCUT2D eigenvalue weighted by Gasteiger charge is 2.33. The van der Waals surface area contributed by atoms with Crippen molar-refractivity contribution in [2.45, 2.75) is 16.2 Å². The largest absolute Gasteiger partial charge is 0.508 e. The van der Waals surface area contributed by atoms with Crippen molar-refractivity contribution >= 4 is 11.8 Å². The van der Waals surface area contributed by atoms with Gasteiger partial charge in [0.05, 0.1) is 16.8 Å². The van der Waals surface area contributed by atoms with Crippen molar-refractivity contribution in [3.05, 3.63) is 77.9 Å². The fourth-order valence-electron chi connectivity index (χ4n) is 4.24. The number of fused-ring (bicyclic) bond motifs is 1. The number of thioether (sulfide) groups is 1. The number of likely N-dealkylation sites (tertiary alicyclic amines) is 1. The molecule has 1 saturated heterocycles. The van der Waals surface area contributed by atoms with Gasteiger partial charge in [0, 0.05) is 25.6 Å². The zero-order valence-electron chi connectivity index (χ0n) is 18.1. The van der Waals surface area contributed by atoms with E-state index in [1.807, 2.05) is 36.4 Å². The van der Waals surface area contributed by atoms with Crippen molar-refractivity contribution in [1.29, 1.82) is 0 Å². The van der Waals surface area contributed by atoms with Crippen LogP contribution in [0.15, 0.2) is 71.6 Å². The summed E-state index contributed by atoms with van der Waals surface area (Å²) >= 11 is 1.64. The quantitative estimate of drug-likeness (QED) is 0.489. The Morgan fingerprint density at radius 1 is 0.939 bits per heavy atom. The molecule has 2 atom stereocenters. The molecule has 1 fully saturated rings. The van der Waals surface area contributed by atoms with Crippen LogP contribution in [-0.2, 0) is 0 Å². The summed E-state index contributed by atoms with van der Waals surface area (Å²) in [7, 11) is 0. The van der Waals surface area contributed by atoms with Crippen LogP contribution in [0.3, 0.4) is 0 Å². The SMILES string of the molecule is Oc1ccc([C@@H]2Sc3cc(O)ccc3O[C@@H]2c2ccc(OCCN3CC(CF)C3)cc2)cc1. The minimum absolute atomic E-state index is 0.0541. The summed E-state index contributed by atoms with van der Waals surface area (Å²) in [6.07, 6.45) is -0.246. The van der Waals surface area contributed by atoms with Gasteiger partial charge in [0.25, 0.3) is 0 Å². The van der Waals surface area contributed by atoms with E-state index in [9.17, 15) is 14.6 Å². The second-order valence-electron chi connectivity index (χ2n) is 8.50. The number of aromatic hydroxyl groups is 2. The van der Waals surface area contributed by atoms with Crippen LogP contribution in [0.25, 0.3) is 0 Å². The van der Waals surface area contributed by atoms with Gasteiger partial charge >= 0.3 is 0 Å². The molecule has 0 bridgehead atoms.